The van der Waals surface area contributed by atoms with Gasteiger partial charge in [0.2, 0.25) is 11.8 Å². The lowest BCUT2D eigenvalue weighted by molar-refractivity contribution is -0.129. The van der Waals surface area contributed by atoms with Gasteiger partial charge in [-0.1, -0.05) is 19.8 Å². The zero-order chi connectivity index (χ0) is 15.6. The fourth-order valence-electron chi connectivity index (χ4n) is 2.24. The molecule has 0 aromatic carbocycles. The Labute approximate surface area is 123 Å². The van der Waals surface area contributed by atoms with Crippen LogP contribution in [0.25, 0.3) is 0 Å². The fraction of sp³-hybridized carbons (Fsp3) is 0.867. The summed E-state index contributed by atoms with van der Waals surface area (Å²) in [6.07, 6.45) is 4.60. The van der Waals surface area contributed by atoms with Crippen LogP contribution in [0.15, 0.2) is 0 Å². The minimum Gasteiger partial charge on any atom is -0.359 e. The fourth-order valence-corrected chi connectivity index (χ4v) is 2.24. The Morgan fingerprint density at radius 3 is 2.35 bits per heavy atom. The molecule has 4 N–H and O–H groups in total. The summed E-state index contributed by atoms with van der Waals surface area (Å²) >= 11 is 0. The zero-order valence-electron chi connectivity index (χ0n) is 13.4. The van der Waals surface area contributed by atoms with Crippen molar-refractivity contribution in [3.63, 3.8) is 0 Å². The van der Waals surface area contributed by atoms with Crippen LogP contribution in [0, 0.1) is 11.3 Å². The molecule has 0 aliphatic heterocycles. The molecule has 5 nitrogen and oxygen atoms in total. The van der Waals surface area contributed by atoms with Crippen LogP contribution in [-0.4, -0.2) is 32.0 Å². The Balaban J connectivity index is 4.07. The van der Waals surface area contributed by atoms with Gasteiger partial charge in [-0.05, 0) is 39.2 Å². The summed E-state index contributed by atoms with van der Waals surface area (Å²) in [6, 6.07) is 0. The van der Waals surface area contributed by atoms with E-state index in [9.17, 15) is 9.59 Å². The van der Waals surface area contributed by atoms with Crippen LogP contribution in [0.4, 0.5) is 0 Å². The van der Waals surface area contributed by atoms with Gasteiger partial charge in [-0.2, -0.15) is 0 Å². The molecule has 0 rings (SSSR count). The van der Waals surface area contributed by atoms with Crippen molar-refractivity contribution in [3.05, 3.63) is 0 Å². The predicted octanol–water partition coefficient (Wildman–Crippen LogP) is 1.42. The zero-order valence-corrected chi connectivity index (χ0v) is 13.4. The molecule has 0 saturated heterocycles. The molecular formula is C15H31N3O2. The molecule has 0 spiro atoms. The van der Waals surface area contributed by atoms with Gasteiger partial charge in [-0.3, -0.25) is 9.59 Å². The van der Waals surface area contributed by atoms with Gasteiger partial charge in [0, 0.05) is 20.0 Å². The second-order valence-corrected chi connectivity index (χ2v) is 6.01. The Morgan fingerprint density at radius 1 is 1.20 bits per heavy atom. The van der Waals surface area contributed by atoms with Crippen molar-refractivity contribution in [2.24, 2.45) is 17.1 Å². The number of hydrogen-bond acceptors (Lipinski definition) is 3. The number of carbonyl (C=O) groups excluding carboxylic acids is 2. The lowest BCUT2D eigenvalue weighted by Crippen LogP contribution is -2.43. The van der Waals surface area contributed by atoms with Crippen molar-refractivity contribution in [3.8, 4) is 0 Å². The van der Waals surface area contributed by atoms with Crippen LogP contribution in [0.2, 0.25) is 0 Å². The van der Waals surface area contributed by atoms with Gasteiger partial charge in [-0.15, -0.1) is 0 Å². The molecule has 5 heteroatoms. The van der Waals surface area contributed by atoms with Crippen LogP contribution in [0.5, 0.6) is 0 Å². The van der Waals surface area contributed by atoms with E-state index in [1.165, 1.54) is 0 Å². The normalized spacial score (nSPS) is 12.8. The maximum Gasteiger partial charge on any atom is 0.227 e. The van der Waals surface area contributed by atoms with E-state index in [-0.39, 0.29) is 11.8 Å². The van der Waals surface area contributed by atoms with Gasteiger partial charge in [0.05, 0.1) is 5.41 Å². The Kier molecular flexibility index (Phi) is 9.21. The highest BCUT2D eigenvalue weighted by Crippen LogP contribution is 2.17. The van der Waals surface area contributed by atoms with Crippen LogP contribution in [0.3, 0.4) is 0 Å². The van der Waals surface area contributed by atoms with Gasteiger partial charge < -0.3 is 16.4 Å². The largest absolute Gasteiger partial charge is 0.359 e. The molecule has 2 amide bonds. The lowest BCUT2D eigenvalue weighted by atomic mass is 9.91. The third-order valence-electron chi connectivity index (χ3n) is 3.62. The molecule has 0 aliphatic carbocycles. The van der Waals surface area contributed by atoms with Crippen molar-refractivity contribution in [2.75, 3.05) is 20.1 Å². The summed E-state index contributed by atoms with van der Waals surface area (Å²) in [6.45, 7) is 6.83. The van der Waals surface area contributed by atoms with E-state index >= 15 is 0 Å². The minimum absolute atomic E-state index is 0.0140. The summed E-state index contributed by atoms with van der Waals surface area (Å²) in [7, 11) is 1.61. The molecule has 0 aromatic rings. The number of rotatable bonds is 10. The van der Waals surface area contributed by atoms with E-state index in [0.717, 1.165) is 25.7 Å². The molecule has 0 fully saturated rings. The molecule has 0 aromatic heterocycles. The summed E-state index contributed by atoms with van der Waals surface area (Å²) in [5.74, 6) is 0.479. The third-order valence-corrected chi connectivity index (χ3v) is 3.62. The molecule has 1 unspecified atom stereocenters. The average Bonchev–Trinajstić information content (AvgIpc) is 2.42. The Hall–Kier alpha value is -1.10. The smallest absolute Gasteiger partial charge is 0.227 e. The maximum absolute atomic E-state index is 11.8. The number of carbonyl (C=O) groups is 2. The highest BCUT2D eigenvalue weighted by molar-refractivity contribution is 5.83. The molecule has 1 atom stereocenters. The molecule has 20 heavy (non-hydrogen) atoms. The molecule has 0 radical (unpaired) electrons. The molecule has 0 aliphatic rings. The SMILES string of the molecule is CCCC(CCN)CCC(=O)NCC(C)(C)C(=O)NC. The summed E-state index contributed by atoms with van der Waals surface area (Å²) < 4.78 is 0. The van der Waals surface area contributed by atoms with E-state index in [2.05, 4.69) is 17.6 Å². The monoisotopic (exact) mass is 285 g/mol. The third kappa shape index (κ3) is 7.48. The second-order valence-electron chi connectivity index (χ2n) is 6.01. The highest BCUT2D eigenvalue weighted by atomic mass is 16.2. The maximum atomic E-state index is 11.8. The van der Waals surface area contributed by atoms with Crippen molar-refractivity contribution < 1.29 is 9.59 Å². The number of nitrogens with two attached hydrogens (primary N) is 1. The first-order valence-electron chi connectivity index (χ1n) is 7.56. The van der Waals surface area contributed by atoms with Crippen LogP contribution >= 0.6 is 0 Å². The summed E-state index contributed by atoms with van der Waals surface area (Å²) in [4.78, 5) is 23.4. The van der Waals surface area contributed by atoms with Crippen molar-refractivity contribution in [1.82, 2.24) is 10.6 Å². The molecule has 118 valence electrons. The first kappa shape index (κ1) is 18.9. The molecular weight excluding hydrogens is 254 g/mol. The lowest BCUT2D eigenvalue weighted by Gasteiger charge is -2.23. The van der Waals surface area contributed by atoms with Gasteiger partial charge in [-0.25, -0.2) is 0 Å². The highest BCUT2D eigenvalue weighted by Gasteiger charge is 2.26. The average molecular weight is 285 g/mol. The molecule has 0 heterocycles. The van der Waals surface area contributed by atoms with E-state index in [1.807, 2.05) is 13.8 Å². The van der Waals surface area contributed by atoms with Crippen LogP contribution in [-0.2, 0) is 9.59 Å². The summed E-state index contributed by atoms with van der Waals surface area (Å²) in [5.41, 5.74) is 5.01. The predicted molar refractivity (Wildman–Crippen MR) is 82.2 cm³/mol. The van der Waals surface area contributed by atoms with E-state index in [4.69, 9.17) is 5.73 Å². The van der Waals surface area contributed by atoms with Crippen LogP contribution in [0.1, 0.15) is 52.9 Å². The Bertz CT molecular complexity index is 297. The van der Waals surface area contributed by atoms with Gasteiger partial charge in [0.1, 0.15) is 0 Å². The standard InChI is InChI=1S/C15H31N3O2/c1-5-6-12(9-10-16)7-8-13(19)18-11-15(2,3)14(20)17-4/h12H,5-11,16H2,1-4H3,(H,17,20)(H,18,19). The quantitative estimate of drug-likeness (QED) is 0.567. The second kappa shape index (κ2) is 9.75. The summed E-state index contributed by atoms with van der Waals surface area (Å²) in [5, 5.41) is 5.46. The van der Waals surface area contributed by atoms with E-state index in [0.29, 0.717) is 25.4 Å². The van der Waals surface area contributed by atoms with Gasteiger partial charge in [0.15, 0.2) is 0 Å². The topological polar surface area (TPSA) is 84.2 Å². The van der Waals surface area contributed by atoms with Gasteiger partial charge >= 0.3 is 0 Å². The first-order chi connectivity index (χ1) is 9.37. The van der Waals surface area contributed by atoms with Crippen LogP contribution < -0.4 is 16.4 Å². The number of hydrogen-bond donors (Lipinski definition) is 3. The van der Waals surface area contributed by atoms with Crippen molar-refractivity contribution in [2.45, 2.75) is 52.9 Å². The first-order valence-corrected chi connectivity index (χ1v) is 7.56. The Morgan fingerprint density at radius 2 is 1.85 bits per heavy atom. The minimum atomic E-state index is -0.579. The van der Waals surface area contributed by atoms with Crippen molar-refractivity contribution >= 4 is 11.8 Å². The number of amides is 2. The van der Waals surface area contributed by atoms with Crippen molar-refractivity contribution in [1.29, 1.82) is 0 Å². The number of nitrogens with one attached hydrogen (secondary N) is 2. The molecule has 0 bridgehead atoms. The van der Waals surface area contributed by atoms with E-state index in [1.54, 1.807) is 7.05 Å². The van der Waals surface area contributed by atoms with Gasteiger partial charge in [0.25, 0.3) is 0 Å². The molecule has 0 saturated carbocycles. The van der Waals surface area contributed by atoms with E-state index < -0.39 is 5.41 Å².